The zero-order valence-electron chi connectivity index (χ0n) is 11.9. The maximum atomic E-state index is 11.7. The van der Waals surface area contributed by atoms with E-state index in [2.05, 4.69) is 10.1 Å². The van der Waals surface area contributed by atoms with Gasteiger partial charge in [-0.3, -0.25) is 9.59 Å². The molecule has 21 heavy (non-hydrogen) atoms. The molecule has 0 aromatic heterocycles. The van der Waals surface area contributed by atoms with Crippen molar-refractivity contribution in [2.75, 3.05) is 29.2 Å². The molecule has 7 nitrogen and oxygen atoms in total. The number of aryl methyl sites for hydroxylation is 1. The Bertz CT molecular complexity index is 640. The van der Waals surface area contributed by atoms with Crippen molar-refractivity contribution < 1.29 is 22.7 Å². The van der Waals surface area contributed by atoms with E-state index >= 15 is 0 Å². The zero-order chi connectivity index (χ0) is 16.0. The lowest BCUT2D eigenvalue weighted by Gasteiger charge is -2.09. The van der Waals surface area contributed by atoms with Gasteiger partial charge in [-0.1, -0.05) is 6.07 Å². The number of carbonyl (C=O) groups excluding carboxylic acids is 2. The molecule has 1 amide bonds. The average Bonchev–Trinajstić information content (AvgIpc) is 2.31. The SMILES string of the molecule is CCOC(=O)CS(=O)(=O)CC(=O)Nc1ccc(C)cc1N. The van der Waals surface area contributed by atoms with Gasteiger partial charge in [0.05, 0.1) is 18.0 Å². The highest BCUT2D eigenvalue weighted by molar-refractivity contribution is 7.92. The molecule has 116 valence electrons. The second-order valence-corrected chi connectivity index (χ2v) is 6.54. The van der Waals surface area contributed by atoms with Crippen molar-refractivity contribution in [1.29, 1.82) is 0 Å². The van der Waals surface area contributed by atoms with Crippen LogP contribution < -0.4 is 11.1 Å². The van der Waals surface area contributed by atoms with E-state index in [1.165, 1.54) is 0 Å². The first kappa shape index (κ1) is 17.0. The third-order valence-corrected chi connectivity index (χ3v) is 3.85. The fraction of sp³-hybridized carbons (Fsp3) is 0.385. The van der Waals surface area contributed by atoms with Gasteiger partial charge in [-0.05, 0) is 31.5 Å². The fourth-order valence-corrected chi connectivity index (χ4v) is 2.63. The van der Waals surface area contributed by atoms with E-state index in [0.29, 0.717) is 11.4 Å². The Labute approximate surface area is 123 Å². The Morgan fingerprint density at radius 2 is 1.95 bits per heavy atom. The van der Waals surface area contributed by atoms with Gasteiger partial charge in [-0.15, -0.1) is 0 Å². The molecule has 3 N–H and O–H groups in total. The van der Waals surface area contributed by atoms with E-state index in [1.54, 1.807) is 25.1 Å². The van der Waals surface area contributed by atoms with Crippen molar-refractivity contribution in [2.24, 2.45) is 0 Å². The van der Waals surface area contributed by atoms with Crippen molar-refractivity contribution in [3.8, 4) is 0 Å². The summed E-state index contributed by atoms with van der Waals surface area (Å²) in [6, 6.07) is 4.97. The molecule has 0 unspecified atom stereocenters. The summed E-state index contributed by atoms with van der Waals surface area (Å²) < 4.78 is 27.9. The highest BCUT2D eigenvalue weighted by Crippen LogP contribution is 2.19. The molecule has 0 spiro atoms. The van der Waals surface area contributed by atoms with Crippen LogP contribution in [0.1, 0.15) is 12.5 Å². The Hall–Kier alpha value is -2.09. The summed E-state index contributed by atoms with van der Waals surface area (Å²) in [4.78, 5) is 22.8. The summed E-state index contributed by atoms with van der Waals surface area (Å²) in [5, 5.41) is 2.40. The smallest absolute Gasteiger partial charge is 0.321 e. The number of esters is 1. The van der Waals surface area contributed by atoms with E-state index in [0.717, 1.165) is 5.56 Å². The number of hydrogen-bond acceptors (Lipinski definition) is 6. The van der Waals surface area contributed by atoms with Crippen molar-refractivity contribution in [1.82, 2.24) is 0 Å². The van der Waals surface area contributed by atoms with Gasteiger partial charge in [0.2, 0.25) is 5.91 Å². The number of carbonyl (C=O) groups is 2. The van der Waals surface area contributed by atoms with E-state index in [9.17, 15) is 18.0 Å². The number of sulfone groups is 1. The molecule has 8 heteroatoms. The molecular weight excluding hydrogens is 296 g/mol. The first-order chi connectivity index (χ1) is 9.73. The van der Waals surface area contributed by atoms with Gasteiger partial charge in [0.15, 0.2) is 9.84 Å². The highest BCUT2D eigenvalue weighted by Gasteiger charge is 2.22. The average molecular weight is 314 g/mol. The molecule has 0 aliphatic heterocycles. The number of nitrogen functional groups attached to an aromatic ring is 1. The van der Waals surface area contributed by atoms with Gasteiger partial charge in [0.1, 0.15) is 11.5 Å². The Morgan fingerprint density at radius 1 is 1.29 bits per heavy atom. The fourth-order valence-electron chi connectivity index (χ4n) is 1.62. The highest BCUT2D eigenvalue weighted by atomic mass is 32.2. The second kappa shape index (κ2) is 7.07. The molecule has 0 saturated heterocycles. The minimum atomic E-state index is -3.87. The minimum Gasteiger partial charge on any atom is -0.465 e. The Morgan fingerprint density at radius 3 is 2.52 bits per heavy atom. The predicted molar refractivity (Wildman–Crippen MR) is 79.5 cm³/mol. The molecule has 1 rings (SSSR count). The van der Waals surface area contributed by atoms with E-state index < -0.39 is 33.2 Å². The lowest BCUT2D eigenvalue weighted by Crippen LogP contribution is -2.28. The quantitative estimate of drug-likeness (QED) is 0.583. The number of nitrogens with two attached hydrogens (primary N) is 1. The van der Waals surface area contributed by atoms with Gasteiger partial charge in [0.25, 0.3) is 0 Å². The van der Waals surface area contributed by atoms with Crippen molar-refractivity contribution in [3.63, 3.8) is 0 Å². The topological polar surface area (TPSA) is 116 Å². The van der Waals surface area contributed by atoms with Crippen LogP contribution in [0, 0.1) is 6.92 Å². The number of hydrogen-bond donors (Lipinski definition) is 2. The third-order valence-electron chi connectivity index (χ3n) is 2.48. The molecule has 0 fully saturated rings. The first-order valence-corrected chi connectivity index (χ1v) is 8.07. The van der Waals surface area contributed by atoms with Crippen LogP contribution in [0.2, 0.25) is 0 Å². The standard InChI is InChI=1S/C13H18N2O5S/c1-3-20-13(17)8-21(18,19)7-12(16)15-11-5-4-9(2)6-10(11)14/h4-6H,3,7-8,14H2,1-2H3,(H,15,16). The van der Waals surface area contributed by atoms with Crippen LogP contribution in [0.15, 0.2) is 18.2 Å². The number of benzene rings is 1. The summed E-state index contributed by atoms with van der Waals surface area (Å²) in [7, 11) is -3.87. The molecule has 0 atom stereocenters. The Balaban J connectivity index is 2.66. The minimum absolute atomic E-state index is 0.0838. The number of amides is 1. The lowest BCUT2D eigenvalue weighted by atomic mass is 10.2. The van der Waals surface area contributed by atoms with Crippen molar-refractivity contribution in [3.05, 3.63) is 23.8 Å². The molecule has 0 aliphatic carbocycles. The predicted octanol–water partition coefficient (Wildman–Crippen LogP) is 0.494. The monoisotopic (exact) mass is 314 g/mol. The lowest BCUT2D eigenvalue weighted by molar-refractivity contribution is -0.139. The second-order valence-electron chi connectivity index (χ2n) is 4.48. The summed E-state index contributed by atoms with van der Waals surface area (Å²) >= 11 is 0. The van der Waals surface area contributed by atoms with E-state index in [1.807, 2.05) is 6.92 Å². The number of rotatable bonds is 6. The van der Waals surface area contributed by atoms with Crippen LogP contribution in [0.5, 0.6) is 0 Å². The van der Waals surface area contributed by atoms with Crippen LogP contribution in [-0.4, -0.2) is 38.4 Å². The molecule has 0 radical (unpaired) electrons. The van der Waals surface area contributed by atoms with Crippen LogP contribution in [-0.2, 0) is 24.2 Å². The van der Waals surface area contributed by atoms with Gasteiger partial charge >= 0.3 is 5.97 Å². The van der Waals surface area contributed by atoms with Crippen molar-refractivity contribution >= 4 is 33.1 Å². The number of ether oxygens (including phenoxy) is 1. The molecular formula is C13H18N2O5S. The normalized spacial score (nSPS) is 11.0. The van der Waals surface area contributed by atoms with Crippen LogP contribution in [0.3, 0.4) is 0 Å². The molecule has 0 heterocycles. The summed E-state index contributed by atoms with van der Waals surface area (Å²) in [5.74, 6) is -3.26. The molecule has 1 aromatic carbocycles. The van der Waals surface area contributed by atoms with Gasteiger partial charge in [0, 0.05) is 0 Å². The summed E-state index contributed by atoms with van der Waals surface area (Å²) in [6.07, 6.45) is 0. The molecule has 1 aromatic rings. The zero-order valence-corrected chi connectivity index (χ0v) is 12.7. The molecule has 0 bridgehead atoms. The van der Waals surface area contributed by atoms with Crippen LogP contribution in [0.4, 0.5) is 11.4 Å². The Kier molecular flexibility index (Phi) is 5.71. The summed E-state index contributed by atoms with van der Waals surface area (Å²) in [5.41, 5.74) is 7.30. The van der Waals surface area contributed by atoms with Gasteiger partial charge in [-0.2, -0.15) is 0 Å². The van der Waals surface area contributed by atoms with Gasteiger partial charge in [-0.25, -0.2) is 8.42 Å². The van der Waals surface area contributed by atoms with Crippen LogP contribution in [0.25, 0.3) is 0 Å². The largest absolute Gasteiger partial charge is 0.465 e. The number of anilines is 2. The first-order valence-electron chi connectivity index (χ1n) is 6.25. The van der Waals surface area contributed by atoms with Crippen LogP contribution >= 0.6 is 0 Å². The van der Waals surface area contributed by atoms with Crippen molar-refractivity contribution in [2.45, 2.75) is 13.8 Å². The van der Waals surface area contributed by atoms with E-state index in [-0.39, 0.29) is 6.61 Å². The van der Waals surface area contributed by atoms with E-state index in [4.69, 9.17) is 5.73 Å². The third kappa shape index (κ3) is 5.82. The maximum absolute atomic E-state index is 11.7. The number of nitrogens with one attached hydrogen (secondary N) is 1. The molecule has 0 aliphatic rings. The molecule has 0 saturated carbocycles. The maximum Gasteiger partial charge on any atom is 0.321 e. The van der Waals surface area contributed by atoms with Gasteiger partial charge < -0.3 is 15.8 Å². The summed E-state index contributed by atoms with van der Waals surface area (Å²) in [6.45, 7) is 3.49.